The average Bonchev–Trinajstić information content (AvgIpc) is 2.21. The smallest absolute Gasteiger partial charge is 0.130 e. The minimum absolute atomic E-state index is 0.0625. The summed E-state index contributed by atoms with van der Waals surface area (Å²) in [7, 11) is 3.60. The SMILES string of the molecule is CNN([O-])OC(CON(C)[O-])CON(C)[O-]. The number of nitrogens with zero attached hydrogens (tertiary/aromatic N) is 3. The standard InChI is InChI=1S/C6H15N4O6/c1-7-10(13)16-6(4-14-8(2)11)5-15-9(3)12/h6-7H,4-5H2,1-3H3/q-3. The lowest BCUT2D eigenvalue weighted by Gasteiger charge is -2.33. The Hall–Kier alpha value is -0.400. The monoisotopic (exact) mass is 239 g/mol. The first-order chi connectivity index (χ1) is 7.45. The van der Waals surface area contributed by atoms with E-state index in [9.17, 15) is 15.6 Å². The van der Waals surface area contributed by atoms with Crippen LogP contribution in [0.15, 0.2) is 0 Å². The van der Waals surface area contributed by atoms with Gasteiger partial charge in [-0.15, -0.1) is 0 Å². The molecule has 16 heavy (non-hydrogen) atoms. The summed E-state index contributed by atoms with van der Waals surface area (Å²) in [5.74, 6) is 0. The number of rotatable bonds is 9. The van der Waals surface area contributed by atoms with Crippen LogP contribution in [0.2, 0.25) is 0 Å². The van der Waals surface area contributed by atoms with Gasteiger partial charge in [-0.2, -0.15) is 5.34 Å². The molecule has 0 spiro atoms. The highest BCUT2D eigenvalue weighted by Crippen LogP contribution is 1.99. The van der Waals surface area contributed by atoms with Gasteiger partial charge in [0, 0.05) is 0 Å². The molecule has 0 radical (unpaired) electrons. The van der Waals surface area contributed by atoms with Crippen LogP contribution in [0.3, 0.4) is 0 Å². The molecule has 0 rings (SSSR count). The van der Waals surface area contributed by atoms with Crippen LogP contribution in [0.5, 0.6) is 0 Å². The fourth-order valence-electron chi connectivity index (χ4n) is 0.673. The van der Waals surface area contributed by atoms with Crippen molar-refractivity contribution in [2.75, 3.05) is 34.4 Å². The summed E-state index contributed by atoms with van der Waals surface area (Å²) in [5.41, 5.74) is 2.13. The van der Waals surface area contributed by atoms with Crippen LogP contribution in [0.25, 0.3) is 0 Å². The minimum atomic E-state index is -0.891. The van der Waals surface area contributed by atoms with E-state index in [-0.39, 0.29) is 29.0 Å². The van der Waals surface area contributed by atoms with Gasteiger partial charge in [-0.25, -0.2) is 5.43 Å². The van der Waals surface area contributed by atoms with E-state index in [1.54, 1.807) is 0 Å². The lowest BCUT2D eigenvalue weighted by molar-refractivity contribution is -0.256. The van der Waals surface area contributed by atoms with Crippen LogP contribution in [0.4, 0.5) is 0 Å². The molecule has 0 aromatic heterocycles. The molecule has 0 amide bonds. The fraction of sp³-hybridized carbons (Fsp3) is 1.00. The molecule has 0 bridgehead atoms. The van der Waals surface area contributed by atoms with E-state index in [1.807, 2.05) is 0 Å². The molecule has 0 fully saturated rings. The Bertz CT molecular complexity index is 159. The molecule has 0 aliphatic carbocycles. The largest absolute Gasteiger partial charge is 0.762 e. The van der Waals surface area contributed by atoms with Gasteiger partial charge >= 0.3 is 0 Å². The second kappa shape index (κ2) is 8.72. The van der Waals surface area contributed by atoms with Gasteiger partial charge in [-0.1, -0.05) is 0 Å². The molecule has 0 atom stereocenters. The Morgan fingerprint density at radius 1 is 1.06 bits per heavy atom. The third kappa shape index (κ3) is 8.87. The molecule has 0 unspecified atom stereocenters. The molecule has 1 N–H and O–H groups in total. The van der Waals surface area contributed by atoms with Gasteiger partial charge in [0.1, 0.15) is 6.10 Å². The van der Waals surface area contributed by atoms with Crippen molar-refractivity contribution in [3.05, 3.63) is 15.6 Å². The average molecular weight is 239 g/mol. The van der Waals surface area contributed by atoms with Gasteiger partial charge < -0.3 is 25.3 Å². The zero-order chi connectivity index (χ0) is 12.6. The Morgan fingerprint density at radius 3 is 1.81 bits per heavy atom. The number of hydrogen-bond donors (Lipinski definition) is 1. The quantitative estimate of drug-likeness (QED) is 0.498. The Morgan fingerprint density at radius 2 is 1.50 bits per heavy atom. The first-order valence-electron chi connectivity index (χ1n) is 4.34. The van der Waals surface area contributed by atoms with E-state index in [0.717, 1.165) is 14.1 Å². The van der Waals surface area contributed by atoms with E-state index in [4.69, 9.17) is 0 Å². The molecule has 98 valence electrons. The minimum Gasteiger partial charge on any atom is -0.762 e. The van der Waals surface area contributed by atoms with E-state index < -0.39 is 6.10 Å². The van der Waals surface area contributed by atoms with Crippen LogP contribution >= 0.6 is 0 Å². The van der Waals surface area contributed by atoms with Crippen molar-refractivity contribution < 1.29 is 14.5 Å². The van der Waals surface area contributed by atoms with Crippen LogP contribution in [-0.2, 0) is 14.5 Å². The van der Waals surface area contributed by atoms with Gasteiger partial charge in [0.15, 0.2) is 0 Å². The molecule has 10 heteroatoms. The molecule has 0 saturated heterocycles. The molecule has 0 aromatic rings. The van der Waals surface area contributed by atoms with Crippen LogP contribution in [-0.4, -0.2) is 56.2 Å². The van der Waals surface area contributed by atoms with Crippen molar-refractivity contribution in [2.45, 2.75) is 6.10 Å². The lowest BCUT2D eigenvalue weighted by Crippen LogP contribution is -2.39. The highest BCUT2D eigenvalue weighted by atomic mass is 16.9. The third-order valence-electron chi connectivity index (χ3n) is 1.31. The van der Waals surface area contributed by atoms with Crippen molar-refractivity contribution in [3.8, 4) is 0 Å². The number of hydrogen-bond acceptors (Lipinski definition) is 10. The van der Waals surface area contributed by atoms with Gasteiger partial charge in [-0.3, -0.25) is 15.3 Å². The summed E-state index contributed by atoms with van der Waals surface area (Å²) in [5, 5.41) is 32.2. The Labute approximate surface area is 92.8 Å². The maximum absolute atomic E-state index is 10.8. The number of hydrazine groups is 1. The number of hydroxylamine groups is 4. The highest BCUT2D eigenvalue weighted by molar-refractivity contribution is 4.54. The van der Waals surface area contributed by atoms with E-state index in [1.165, 1.54) is 7.05 Å². The van der Waals surface area contributed by atoms with E-state index in [0.29, 0.717) is 0 Å². The van der Waals surface area contributed by atoms with Crippen LogP contribution in [0, 0.1) is 15.6 Å². The highest BCUT2D eigenvalue weighted by Gasteiger charge is 2.11. The maximum atomic E-state index is 10.8. The fourth-order valence-corrected chi connectivity index (χ4v) is 0.673. The second-order valence-corrected chi connectivity index (χ2v) is 2.68. The van der Waals surface area contributed by atoms with Gasteiger partial charge in [0.25, 0.3) is 0 Å². The zero-order valence-electron chi connectivity index (χ0n) is 9.28. The topological polar surface area (TPSA) is 119 Å². The summed E-state index contributed by atoms with van der Waals surface area (Å²) < 4.78 is 0. The molecular weight excluding hydrogens is 224 g/mol. The summed E-state index contributed by atoms with van der Waals surface area (Å²) in [6.07, 6.45) is -0.891. The van der Waals surface area contributed by atoms with E-state index >= 15 is 0 Å². The van der Waals surface area contributed by atoms with E-state index in [2.05, 4.69) is 19.9 Å². The van der Waals surface area contributed by atoms with Crippen molar-refractivity contribution in [2.24, 2.45) is 0 Å². The normalized spacial score (nSPS) is 12.4. The molecule has 0 saturated carbocycles. The van der Waals surface area contributed by atoms with Crippen LogP contribution < -0.4 is 5.43 Å². The Balaban J connectivity index is 3.94. The molecule has 0 aliphatic heterocycles. The Kier molecular flexibility index (Phi) is 8.50. The van der Waals surface area contributed by atoms with Crippen LogP contribution in [0.1, 0.15) is 0 Å². The molecule has 0 heterocycles. The molecule has 0 aliphatic rings. The van der Waals surface area contributed by atoms with Crippen molar-refractivity contribution in [1.29, 1.82) is 0 Å². The maximum Gasteiger partial charge on any atom is 0.130 e. The number of nitrogens with one attached hydrogen (secondary N) is 1. The second-order valence-electron chi connectivity index (χ2n) is 2.68. The predicted octanol–water partition coefficient (Wildman–Crippen LogP) is -1.06. The predicted molar refractivity (Wildman–Crippen MR) is 53.3 cm³/mol. The summed E-state index contributed by atoms with van der Waals surface area (Å²) >= 11 is 0. The van der Waals surface area contributed by atoms with Gasteiger partial charge in [-0.05, 0) is 21.1 Å². The van der Waals surface area contributed by atoms with Crippen molar-refractivity contribution in [1.82, 2.24) is 21.2 Å². The third-order valence-corrected chi connectivity index (χ3v) is 1.31. The summed E-state index contributed by atoms with van der Waals surface area (Å²) in [6.45, 7) is -0.456. The molecular formula is C6H15N4O6-3. The van der Waals surface area contributed by atoms with Crippen molar-refractivity contribution in [3.63, 3.8) is 0 Å². The lowest BCUT2D eigenvalue weighted by atomic mass is 10.4. The zero-order valence-corrected chi connectivity index (χ0v) is 9.28. The first kappa shape index (κ1) is 15.6. The first-order valence-corrected chi connectivity index (χ1v) is 4.34. The summed E-state index contributed by atoms with van der Waals surface area (Å²) in [4.78, 5) is 13.8. The van der Waals surface area contributed by atoms with Gasteiger partial charge in [0.2, 0.25) is 0 Å². The van der Waals surface area contributed by atoms with Crippen molar-refractivity contribution >= 4 is 0 Å². The molecule has 0 aromatic carbocycles. The molecule has 10 nitrogen and oxygen atoms in total. The van der Waals surface area contributed by atoms with Gasteiger partial charge in [0.05, 0.1) is 13.2 Å². The summed E-state index contributed by atoms with van der Waals surface area (Å²) in [6, 6.07) is 0.